The van der Waals surface area contributed by atoms with E-state index < -0.39 is 5.97 Å². The predicted molar refractivity (Wildman–Crippen MR) is 64.3 cm³/mol. The van der Waals surface area contributed by atoms with Crippen LogP contribution in [0, 0.1) is 0 Å². The van der Waals surface area contributed by atoms with E-state index in [0.717, 1.165) is 16.9 Å². The molecule has 0 saturated heterocycles. The third-order valence-electron chi connectivity index (χ3n) is 2.85. The van der Waals surface area contributed by atoms with Crippen molar-refractivity contribution in [2.45, 2.75) is 12.8 Å². The molecule has 1 aromatic rings. The lowest BCUT2D eigenvalue weighted by atomic mass is 10.1. The summed E-state index contributed by atoms with van der Waals surface area (Å²) in [6.07, 6.45) is 0.323. The predicted octanol–water partition coefficient (Wildman–Crippen LogP) is 1.09. The highest BCUT2D eigenvalue weighted by Crippen LogP contribution is 2.31. The molecule has 2 rings (SSSR count). The van der Waals surface area contributed by atoms with Gasteiger partial charge in [-0.2, -0.15) is 0 Å². The van der Waals surface area contributed by atoms with Gasteiger partial charge in [-0.1, -0.05) is 0 Å². The quantitative estimate of drug-likeness (QED) is 0.818. The Balaban J connectivity index is 2.22. The number of fused-ring (bicyclic) bond motifs is 1. The summed E-state index contributed by atoms with van der Waals surface area (Å²) in [5.74, 6) is -0.924. The number of hydrogen-bond acceptors (Lipinski definition) is 3. The van der Waals surface area contributed by atoms with Crippen LogP contribution in [0.25, 0.3) is 0 Å². The Bertz CT molecular complexity index is 471. The highest BCUT2D eigenvalue weighted by Gasteiger charge is 2.27. The maximum atomic E-state index is 11.8. The second-order valence-electron chi connectivity index (χ2n) is 3.96. The molecule has 0 saturated carbocycles. The molecule has 0 atom stereocenters. The zero-order chi connectivity index (χ0) is 12.4. The molecule has 1 aromatic carbocycles. The van der Waals surface area contributed by atoms with Gasteiger partial charge in [-0.25, -0.2) is 0 Å². The van der Waals surface area contributed by atoms with Crippen molar-refractivity contribution in [2.24, 2.45) is 0 Å². The lowest BCUT2D eigenvalue weighted by Gasteiger charge is -2.16. The maximum absolute atomic E-state index is 11.8. The fraction of sp³-hybridized carbons (Fsp3) is 0.333. The number of rotatable bonds is 4. The monoisotopic (exact) mass is 234 g/mol. The number of amides is 1. The highest BCUT2D eigenvalue weighted by molar-refractivity contribution is 6.02. The van der Waals surface area contributed by atoms with E-state index in [9.17, 15) is 9.59 Å². The van der Waals surface area contributed by atoms with Gasteiger partial charge in [-0.15, -0.1) is 0 Å². The van der Waals surface area contributed by atoms with Crippen LogP contribution in [0.15, 0.2) is 18.2 Å². The van der Waals surface area contributed by atoms with Gasteiger partial charge in [0, 0.05) is 25.0 Å². The van der Waals surface area contributed by atoms with Crippen molar-refractivity contribution in [1.82, 2.24) is 0 Å². The standard InChI is InChI=1S/C12H14N2O3/c1-13-9-2-3-10-8(6-9)7-11(15)14(10)5-4-12(16)17/h2-3,6,13H,4-5,7H2,1H3,(H,16,17). The van der Waals surface area contributed by atoms with E-state index in [0.29, 0.717) is 6.42 Å². The molecule has 5 nitrogen and oxygen atoms in total. The molecule has 0 fully saturated rings. The Morgan fingerprint density at radius 2 is 2.29 bits per heavy atom. The third-order valence-corrected chi connectivity index (χ3v) is 2.85. The third kappa shape index (κ3) is 2.22. The largest absolute Gasteiger partial charge is 0.481 e. The van der Waals surface area contributed by atoms with Gasteiger partial charge >= 0.3 is 5.97 Å². The number of carboxylic acids is 1. The number of hydrogen-bond donors (Lipinski definition) is 2. The molecule has 0 aromatic heterocycles. The van der Waals surface area contributed by atoms with Gasteiger partial charge in [0.1, 0.15) is 0 Å². The van der Waals surface area contributed by atoms with Gasteiger partial charge in [0.25, 0.3) is 0 Å². The second kappa shape index (κ2) is 4.45. The molecule has 17 heavy (non-hydrogen) atoms. The van der Waals surface area contributed by atoms with Crippen LogP contribution in [0.5, 0.6) is 0 Å². The van der Waals surface area contributed by atoms with E-state index in [4.69, 9.17) is 5.11 Å². The number of aliphatic carboxylic acids is 1. The number of benzene rings is 1. The minimum atomic E-state index is -0.891. The molecule has 5 heteroatoms. The van der Waals surface area contributed by atoms with Crippen LogP contribution in [-0.4, -0.2) is 30.6 Å². The summed E-state index contributed by atoms with van der Waals surface area (Å²) >= 11 is 0. The summed E-state index contributed by atoms with van der Waals surface area (Å²) in [6.45, 7) is 0.236. The molecule has 0 unspecified atom stereocenters. The highest BCUT2D eigenvalue weighted by atomic mass is 16.4. The topological polar surface area (TPSA) is 69.6 Å². The molecule has 90 valence electrons. The summed E-state index contributed by atoms with van der Waals surface area (Å²) in [7, 11) is 1.82. The Morgan fingerprint density at radius 3 is 2.94 bits per heavy atom. The molecular formula is C12H14N2O3. The SMILES string of the molecule is CNc1ccc2c(c1)CC(=O)N2CCC(=O)O. The van der Waals surface area contributed by atoms with Crippen molar-refractivity contribution in [3.63, 3.8) is 0 Å². The van der Waals surface area contributed by atoms with E-state index in [1.807, 2.05) is 25.2 Å². The van der Waals surface area contributed by atoms with Crippen LogP contribution in [0.4, 0.5) is 11.4 Å². The van der Waals surface area contributed by atoms with E-state index >= 15 is 0 Å². The molecule has 0 radical (unpaired) electrons. The van der Waals surface area contributed by atoms with Gasteiger partial charge in [-0.05, 0) is 23.8 Å². The first-order chi connectivity index (χ1) is 8.11. The molecule has 2 N–H and O–H groups in total. The number of nitrogens with one attached hydrogen (secondary N) is 1. The van der Waals surface area contributed by atoms with Crippen molar-refractivity contribution in [3.8, 4) is 0 Å². The Kier molecular flexibility index (Phi) is 2.99. The zero-order valence-corrected chi connectivity index (χ0v) is 9.56. The van der Waals surface area contributed by atoms with E-state index in [2.05, 4.69) is 5.32 Å². The van der Waals surface area contributed by atoms with Gasteiger partial charge in [0.2, 0.25) is 5.91 Å². The zero-order valence-electron chi connectivity index (χ0n) is 9.56. The Labute approximate surface area is 99.0 Å². The minimum Gasteiger partial charge on any atom is -0.481 e. The Hall–Kier alpha value is -2.04. The maximum Gasteiger partial charge on any atom is 0.305 e. The fourth-order valence-electron chi connectivity index (χ4n) is 1.99. The second-order valence-corrected chi connectivity index (χ2v) is 3.96. The smallest absolute Gasteiger partial charge is 0.305 e. The molecule has 0 spiro atoms. The number of carboxylic acid groups (broad SMARTS) is 1. The summed E-state index contributed by atoms with van der Waals surface area (Å²) < 4.78 is 0. The van der Waals surface area contributed by atoms with Crippen molar-refractivity contribution in [2.75, 3.05) is 23.8 Å². The van der Waals surface area contributed by atoms with Crippen LogP contribution >= 0.6 is 0 Å². The Morgan fingerprint density at radius 1 is 1.53 bits per heavy atom. The van der Waals surface area contributed by atoms with Gasteiger partial charge < -0.3 is 15.3 Å². The first kappa shape index (κ1) is 11.4. The van der Waals surface area contributed by atoms with Crippen LogP contribution < -0.4 is 10.2 Å². The molecule has 1 heterocycles. The van der Waals surface area contributed by atoms with Crippen LogP contribution in [0.1, 0.15) is 12.0 Å². The van der Waals surface area contributed by atoms with E-state index in [1.54, 1.807) is 4.90 Å². The van der Waals surface area contributed by atoms with Crippen LogP contribution in [-0.2, 0) is 16.0 Å². The molecule has 0 bridgehead atoms. The molecular weight excluding hydrogens is 220 g/mol. The summed E-state index contributed by atoms with van der Waals surface area (Å²) in [4.78, 5) is 23.8. The average molecular weight is 234 g/mol. The first-order valence-electron chi connectivity index (χ1n) is 5.44. The van der Waals surface area contributed by atoms with E-state index in [1.165, 1.54) is 0 Å². The van der Waals surface area contributed by atoms with Crippen molar-refractivity contribution in [1.29, 1.82) is 0 Å². The normalized spacial score (nSPS) is 13.7. The van der Waals surface area contributed by atoms with E-state index in [-0.39, 0.29) is 18.9 Å². The molecule has 1 amide bonds. The van der Waals surface area contributed by atoms with Crippen molar-refractivity contribution in [3.05, 3.63) is 23.8 Å². The number of nitrogens with zero attached hydrogens (tertiary/aromatic N) is 1. The number of anilines is 2. The lowest BCUT2D eigenvalue weighted by Crippen LogP contribution is -2.29. The summed E-state index contributed by atoms with van der Waals surface area (Å²) in [5.41, 5.74) is 2.74. The van der Waals surface area contributed by atoms with Gasteiger partial charge in [-0.3, -0.25) is 9.59 Å². The molecule has 0 aliphatic carbocycles. The van der Waals surface area contributed by atoms with Gasteiger partial charge in [0.15, 0.2) is 0 Å². The summed E-state index contributed by atoms with van der Waals surface area (Å²) in [5, 5.41) is 11.7. The molecule has 1 aliphatic heterocycles. The lowest BCUT2D eigenvalue weighted by molar-refractivity contribution is -0.136. The van der Waals surface area contributed by atoms with Crippen molar-refractivity contribution >= 4 is 23.3 Å². The first-order valence-corrected chi connectivity index (χ1v) is 5.44. The fourth-order valence-corrected chi connectivity index (χ4v) is 1.99. The number of carbonyl (C=O) groups is 2. The molecule has 1 aliphatic rings. The minimum absolute atomic E-state index is 0.0288. The van der Waals surface area contributed by atoms with Crippen LogP contribution in [0.2, 0.25) is 0 Å². The average Bonchev–Trinajstić information content (AvgIpc) is 2.60. The van der Waals surface area contributed by atoms with Crippen LogP contribution in [0.3, 0.4) is 0 Å². The van der Waals surface area contributed by atoms with Crippen molar-refractivity contribution < 1.29 is 14.7 Å². The van der Waals surface area contributed by atoms with Gasteiger partial charge in [0.05, 0.1) is 12.8 Å². The summed E-state index contributed by atoms with van der Waals surface area (Å²) in [6, 6.07) is 5.66. The number of carbonyl (C=O) groups excluding carboxylic acids is 1.